The van der Waals surface area contributed by atoms with E-state index in [1.165, 1.54) is 11.8 Å². The van der Waals surface area contributed by atoms with Crippen molar-refractivity contribution < 1.29 is 9.53 Å². The van der Waals surface area contributed by atoms with Crippen molar-refractivity contribution in [3.63, 3.8) is 0 Å². The lowest BCUT2D eigenvalue weighted by Crippen LogP contribution is -2.28. The number of halogens is 1. The van der Waals surface area contributed by atoms with Crippen molar-refractivity contribution in [3.05, 3.63) is 32.2 Å². The highest BCUT2D eigenvalue weighted by Gasteiger charge is 2.31. The molecule has 1 saturated heterocycles. The molecular formula is C14H14INO2S2. The van der Waals surface area contributed by atoms with Gasteiger partial charge >= 0.3 is 0 Å². The topological polar surface area (TPSA) is 29.5 Å². The van der Waals surface area contributed by atoms with Crippen molar-refractivity contribution in [2.75, 3.05) is 13.7 Å². The number of carbonyl (C=O) groups excluding carboxylic acids is 1. The maximum absolute atomic E-state index is 12.2. The second-order valence-electron chi connectivity index (χ2n) is 4.23. The summed E-state index contributed by atoms with van der Waals surface area (Å²) < 4.78 is 6.89. The minimum Gasteiger partial charge on any atom is -0.496 e. The predicted octanol–water partition coefficient (Wildman–Crippen LogP) is 3.91. The zero-order valence-corrected chi connectivity index (χ0v) is 15.0. The molecular weight excluding hydrogens is 405 g/mol. The van der Waals surface area contributed by atoms with Crippen LogP contribution in [0.4, 0.5) is 0 Å². The summed E-state index contributed by atoms with van der Waals surface area (Å²) in [4.78, 5) is 14.6. The zero-order chi connectivity index (χ0) is 14.7. The maximum Gasteiger partial charge on any atom is 0.266 e. The van der Waals surface area contributed by atoms with Crippen LogP contribution in [0.5, 0.6) is 5.75 Å². The summed E-state index contributed by atoms with van der Waals surface area (Å²) in [6.07, 6.45) is 2.79. The first-order valence-corrected chi connectivity index (χ1v) is 8.46. The third-order valence-corrected chi connectivity index (χ3v) is 5.02. The van der Waals surface area contributed by atoms with Crippen LogP contribution in [0, 0.1) is 3.57 Å². The van der Waals surface area contributed by atoms with Gasteiger partial charge in [-0.05, 0) is 52.8 Å². The minimum absolute atomic E-state index is 0.00711. The van der Waals surface area contributed by atoms with Crippen LogP contribution >= 0.6 is 46.6 Å². The number of thiocarbonyl (C=S) groups is 1. The van der Waals surface area contributed by atoms with Crippen LogP contribution in [-0.2, 0) is 4.79 Å². The molecule has 1 aliphatic rings. The Kier molecular flexibility index (Phi) is 5.45. The molecule has 6 heteroatoms. The van der Waals surface area contributed by atoms with Gasteiger partial charge in [0, 0.05) is 6.54 Å². The van der Waals surface area contributed by atoms with Crippen molar-refractivity contribution in [3.8, 4) is 5.75 Å². The number of rotatable bonds is 4. The van der Waals surface area contributed by atoms with Gasteiger partial charge in [-0.1, -0.05) is 37.0 Å². The fourth-order valence-electron chi connectivity index (χ4n) is 1.84. The van der Waals surface area contributed by atoms with Gasteiger partial charge in [-0.3, -0.25) is 9.69 Å². The Labute approximate surface area is 141 Å². The van der Waals surface area contributed by atoms with Crippen molar-refractivity contribution >= 4 is 62.9 Å². The van der Waals surface area contributed by atoms with Gasteiger partial charge in [-0.15, -0.1) is 0 Å². The summed E-state index contributed by atoms with van der Waals surface area (Å²) in [6, 6.07) is 5.83. The molecule has 0 radical (unpaired) electrons. The van der Waals surface area contributed by atoms with Gasteiger partial charge in [0.25, 0.3) is 5.91 Å². The number of benzene rings is 1. The Bertz CT molecular complexity index is 587. The number of hydrogen-bond donors (Lipinski definition) is 0. The minimum atomic E-state index is 0.00711. The van der Waals surface area contributed by atoms with Gasteiger partial charge in [0.15, 0.2) is 0 Å². The quantitative estimate of drug-likeness (QED) is 0.421. The van der Waals surface area contributed by atoms with Crippen LogP contribution in [0.25, 0.3) is 6.08 Å². The van der Waals surface area contributed by atoms with E-state index in [9.17, 15) is 4.79 Å². The Morgan fingerprint density at radius 1 is 1.50 bits per heavy atom. The van der Waals surface area contributed by atoms with Crippen LogP contribution in [0.1, 0.15) is 18.9 Å². The van der Waals surface area contributed by atoms with Gasteiger partial charge in [0.2, 0.25) is 0 Å². The smallest absolute Gasteiger partial charge is 0.266 e. The lowest BCUT2D eigenvalue weighted by atomic mass is 10.2. The van der Waals surface area contributed by atoms with E-state index in [1.54, 1.807) is 12.0 Å². The third kappa shape index (κ3) is 3.35. The van der Waals surface area contributed by atoms with Gasteiger partial charge in [-0.2, -0.15) is 0 Å². The fraction of sp³-hybridized carbons (Fsp3) is 0.286. The highest BCUT2D eigenvalue weighted by Crippen LogP contribution is 2.33. The lowest BCUT2D eigenvalue weighted by Gasteiger charge is -2.11. The van der Waals surface area contributed by atoms with Crippen LogP contribution in [0.15, 0.2) is 23.1 Å². The van der Waals surface area contributed by atoms with Gasteiger partial charge in [0.05, 0.1) is 15.6 Å². The first-order chi connectivity index (χ1) is 9.56. The maximum atomic E-state index is 12.2. The molecule has 3 nitrogen and oxygen atoms in total. The third-order valence-electron chi connectivity index (χ3n) is 2.79. The number of methoxy groups -OCH3 is 1. The summed E-state index contributed by atoms with van der Waals surface area (Å²) in [5.74, 6) is 0.842. The van der Waals surface area contributed by atoms with E-state index in [-0.39, 0.29) is 5.91 Å². The molecule has 1 aromatic rings. The molecule has 0 N–H and O–H groups in total. The standard InChI is InChI=1S/C14H14INO2S2/c1-3-6-16-13(17)12(20-14(16)19)8-9-4-5-11(18-2)10(15)7-9/h4-5,7-8H,3,6H2,1-2H3/b12-8+. The summed E-state index contributed by atoms with van der Waals surface area (Å²) in [5, 5.41) is 0. The molecule has 0 aliphatic carbocycles. The number of carbonyl (C=O) groups is 1. The molecule has 1 amide bonds. The largest absolute Gasteiger partial charge is 0.496 e. The molecule has 2 rings (SSSR count). The number of hydrogen-bond acceptors (Lipinski definition) is 4. The molecule has 1 aliphatic heterocycles. The lowest BCUT2D eigenvalue weighted by molar-refractivity contribution is -0.122. The Morgan fingerprint density at radius 2 is 2.25 bits per heavy atom. The monoisotopic (exact) mass is 419 g/mol. The highest BCUT2D eigenvalue weighted by atomic mass is 127. The van der Waals surface area contributed by atoms with E-state index < -0.39 is 0 Å². The number of ether oxygens (including phenoxy) is 1. The second kappa shape index (κ2) is 6.91. The van der Waals surface area contributed by atoms with E-state index in [0.29, 0.717) is 15.8 Å². The van der Waals surface area contributed by atoms with Gasteiger partial charge in [0.1, 0.15) is 10.1 Å². The van der Waals surface area contributed by atoms with Crippen molar-refractivity contribution in [1.29, 1.82) is 0 Å². The molecule has 0 saturated carbocycles. The first-order valence-electron chi connectivity index (χ1n) is 6.15. The molecule has 1 heterocycles. The summed E-state index contributed by atoms with van der Waals surface area (Å²) in [5.41, 5.74) is 0.979. The van der Waals surface area contributed by atoms with Crippen LogP contribution in [0.3, 0.4) is 0 Å². The van der Waals surface area contributed by atoms with Crippen LogP contribution < -0.4 is 4.74 Å². The Hall–Kier alpha value is -0.600. The van der Waals surface area contributed by atoms with Gasteiger partial charge in [-0.25, -0.2) is 0 Å². The summed E-state index contributed by atoms with van der Waals surface area (Å²) in [7, 11) is 1.65. The Morgan fingerprint density at radius 3 is 2.85 bits per heavy atom. The predicted molar refractivity (Wildman–Crippen MR) is 95.9 cm³/mol. The number of amides is 1. The molecule has 0 bridgehead atoms. The molecule has 1 aromatic carbocycles. The summed E-state index contributed by atoms with van der Waals surface area (Å²) in [6.45, 7) is 2.72. The molecule has 0 aromatic heterocycles. The van der Waals surface area contributed by atoms with Crippen molar-refractivity contribution in [1.82, 2.24) is 4.90 Å². The van der Waals surface area contributed by atoms with E-state index in [4.69, 9.17) is 17.0 Å². The van der Waals surface area contributed by atoms with E-state index in [2.05, 4.69) is 22.6 Å². The van der Waals surface area contributed by atoms with Crippen LogP contribution in [-0.4, -0.2) is 28.8 Å². The molecule has 106 valence electrons. The number of nitrogens with zero attached hydrogens (tertiary/aromatic N) is 1. The van der Waals surface area contributed by atoms with Crippen LogP contribution in [0.2, 0.25) is 0 Å². The Balaban J connectivity index is 2.26. The normalized spacial score (nSPS) is 17.1. The molecule has 1 fully saturated rings. The molecule has 0 atom stereocenters. The molecule has 0 spiro atoms. The summed E-state index contributed by atoms with van der Waals surface area (Å²) >= 11 is 8.83. The van der Waals surface area contributed by atoms with E-state index >= 15 is 0 Å². The van der Waals surface area contributed by atoms with E-state index in [1.807, 2.05) is 31.2 Å². The average Bonchev–Trinajstić information content (AvgIpc) is 2.67. The van der Waals surface area contributed by atoms with Crippen molar-refractivity contribution in [2.45, 2.75) is 13.3 Å². The molecule has 0 unspecified atom stereocenters. The highest BCUT2D eigenvalue weighted by molar-refractivity contribution is 14.1. The van der Waals surface area contributed by atoms with Crippen molar-refractivity contribution in [2.24, 2.45) is 0 Å². The second-order valence-corrected chi connectivity index (χ2v) is 7.07. The van der Waals surface area contributed by atoms with E-state index in [0.717, 1.165) is 21.3 Å². The fourth-order valence-corrected chi connectivity index (χ4v) is 3.91. The van der Waals surface area contributed by atoms with Gasteiger partial charge < -0.3 is 4.74 Å². The zero-order valence-electron chi connectivity index (χ0n) is 11.2. The SMILES string of the molecule is CCCN1C(=O)/C(=C\c2ccc(OC)c(I)c2)SC1=S. The number of thioether (sulfide) groups is 1. The average molecular weight is 419 g/mol. The first kappa shape index (κ1) is 15.8. The molecule has 20 heavy (non-hydrogen) atoms.